The van der Waals surface area contributed by atoms with Gasteiger partial charge in [-0.25, -0.2) is 4.79 Å². The summed E-state index contributed by atoms with van der Waals surface area (Å²) in [7, 11) is -3.77. The van der Waals surface area contributed by atoms with E-state index in [1.54, 1.807) is 72.0 Å². The molecular weight excluding hydrogens is 468 g/mol. The van der Waals surface area contributed by atoms with Crippen molar-refractivity contribution in [1.29, 1.82) is 0 Å². The number of sulfonamides is 1. The maximum absolute atomic E-state index is 12.7. The fourth-order valence-corrected chi connectivity index (χ4v) is 5.69. The van der Waals surface area contributed by atoms with Crippen LogP contribution >= 0.6 is 11.3 Å². The maximum atomic E-state index is 12.7. The van der Waals surface area contributed by atoms with E-state index in [9.17, 15) is 13.2 Å². The maximum Gasteiger partial charge on any atom is 0.343 e. The first kappa shape index (κ1) is 22.1. The fraction of sp³-hybridized carbons (Fsp3) is 0.0769. The van der Waals surface area contributed by atoms with E-state index in [1.165, 1.54) is 0 Å². The van der Waals surface area contributed by atoms with Gasteiger partial charge in [0.25, 0.3) is 10.0 Å². The molecule has 4 aromatic rings. The number of thiophene rings is 1. The van der Waals surface area contributed by atoms with E-state index in [1.807, 2.05) is 41.5 Å². The number of esters is 1. The Balaban J connectivity index is 1.47. The molecule has 0 spiro atoms. The molecule has 0 fully saturated rings. The molecule has 6 nitrogen and oxygen atoms in total. The summed E-state index contributed by atoms with van der Waals surface area (Å²) in [6.45, 7) is 2.30. The normalized spacial score (nSPS) is 13.7. The van der Waals surface area contributed by atoms with Crippen molar-refractivity contribution in [1.82, 2.24) is 0 Å². The highest BCUT2D eigenvalue weighted by Gasteiger charge is 2.32. The van der Waals surface area contributed by atoms with Gasteiger partial charge in [-0.3, -0.25) is 0 Å². The zero-order valence-corrected chi connectivity index (χ0v) is 19.8. The number of ether oxygens (including phenoxy) is 1. The summed E-state index contributed by atoms with van der Waals surface area (Å²) in [6, 6.07) is 25.0. The molecule has 34 heavy (non-hydrogen) atoms. The SMILES string of the molecule is Cc1ccccc1C(=O)Oc1ccc(N(Cc2cccs2)C2=NS(=O)(=O)c3ccccc32)cc1. The van der Waals surface area contributed by atoms with E-state index in [2.05, 4.69) is 4.40 Å². The highest BCUT2D eigenvalue weighted by Crippen LogP contribution is 2.32. The van der Waals surface area contributed by atoms with Crippen LogP contribution in [0.15, 0.2) is 99.6 Å². The van der Waals surface area contributed by atoms with Gasteiger partial charge in [0.15, 0.2) is 5.84 Å². The molecule has 0 bridgehead atoms. The van der Waals surface area contributed by atoms with E-state index in [0.717, 1.165) is 16.1 Å². The van der Waals surface area contributed by atoms with Crippen LogP contribution in [0.1, 0.15) is 26.4 Å². The van der Waals surface area contributed by atoms with Gasteiger partial charge in [-0.05, 0) is 66.4 Å². The standard InChI is InChI=1S/C26H20N2O4S2/c1-18-7-2-3-9-22(18)26(29)32-20-14-12-19(13-15-20)28(17-21-8-6-16-33-21)25-23-10-4-5-11-24(23)34(30,31)27-25/h2-16H,17H2,1H3. The fourth-order valence-electron chi connectivity index (χ4n) is 3.79. The molecule has 1 aliphatic heterocycles. The van der Waals surface area contributed by atoms with Crippen molar-refractivity contribution < 1.29 is 17.9 Å². The van der Waals surface area contributed by atoms with Crippen molar-refractivity contribution in [3.8, 4) is 5.75 Å². The van der Waals surface area contributed by atoms with Crippen LogP contribution in [0.4, 0.5) is 5.69 Å². The lowest BCUT2D eigenvalue weighted by Crippen LogP contribution is -2.30. The topological polar surface area (TPSA) is 76.0 Å². The largest absolute Gasteiger partial charge is 0.423 e. The second kappa shape index (κ2) is 8.89. The molecule has 8 heteroatoms. The minimum absolute atomic E-state index is 0.199. The van der Waals surface area contributed by atoms with Crippen molar-refractivity contribution >= 4 is 38.9 Å². The number of hydrogen-bond donors (Lipinski definition) is 0. The third-order valence-electron chi connectivity index (χ3n) is 5.49. The van der Waals surface area contributed by atoms with E-state index < -0.39 is 16.0 Å². The second-order valence-electron chi connectivity index (χ2n) is 7.75. The van der Waals surface area contributed by atoms with E-state index in [-0.39, 0.29) is 4.90 Å². The Labute approximate surface area is 201 Å². The van der Waals surface area contributed by atoms with Gasteiger partial charge in [-0.2, -0.15) is 8.42 Å². The molecule has 2 heterocycles. The molecule has 0 amide bonds. The van der Waals surface area contributed by atoms with Crippen molar-refractivity contribution in [2.75, 3.05) is 4.90 Å². The zero-order valence-electron chi connectivity index (χ0n) is 18.2. The molecule has 0 saturated carbocycles. The molecule has 0 atom stereocenters. The van der Waals surface area contributed by atoms with Crippen LogP contribution in [0.3, 0.4) is 0 Å². The van der Waals surface area contributed by atoms with Gasteiger partial charge in [-0.1, -0.05) is 36.4 Å². The Morgan fingerprint density at radius 1 is 0.941 bits per heavy atom. The average Bonchev–Trinajstić information content (AvgIpc) is 3.44. The first-order chi connectivity index (χ1) is 16.4. The van der Waals surface area contributed by atoms with E-state index in [4.69, 9.17) is 4.74 Å². The van der Waals surface area contributed by atoms with Crippen LogP contribution < -0.4 is 9.64 Å². The number of fused-ring (bicyclic) bond motifs is 1. The molecular formula is C26H20N2O4S2. The van der Waals surface area contributed by atoms with Crippen LogP contribution in [0.5, 0.6) is 5.75 Å². The predicted octanol–water partition coefficient (Wildman–Crippen LogP) is 5.43. The summed E-state index contributed by atoms with van der Waals surface area (Å²) in [6.07, 6.45) is 0. The van der Waals surface area contributed by atoms with Gasteiger partial charge in [0.2, 0.25) is 0 Å². The number of hydrogen-bond acceptors (Lipinski definition) is 6. The lowest BCUT2D eigenvalue weighted by atomic mass is 10.1. The number of carbonyl (C=O) groups excluding carboxylic acids is 1. The van der Waals surface area contributed by atoms with Gasteiger partial charge in [0, 0.05) is 16.1 Å². The van der Waals surface area contributed by atoms with Gasteiger partial charge < -0.3 is 9.64 Å². The minimum atomic E-state index is -3.77. The predicted molar refractivity (Wildman–Crippen MR) is 133 cm³/mol. The van der Waals surface area contributed by atoms with Crippen LogP contribution in [-0.2, 0) is 16.6 Å². The summed E-state index contributed by atoms with van der Waals surface area (Å²) < 4.78 is 35.0. The van der Waals surface area contributed by atoms with Gasteiger partial charge in [-0.15, -0.1) is 15.7 Å². The molecule has 0 saturated heterocycles. The Kier molecular flexibility index (Phi) is 5.77. The zero-order chi connectivity index (χ0) is 23.7. The molecule has 170 valence electrons. The lowest BCUT2D eigenvalue weighted by Gasteiger charge is -2.24. The third kappa shape index (κ3) is 4.25. The van der Waals surface area contributed by atoms with Crippen molar-refractivity contribution in [2.45, 2.75) is 18.4 Å². The second-order valence-corrected chi connectivity index (χ2v) is 10.4. The number of benzene rings is 3. The van der Waals surface area contributed by atoms with E-state index in [0.29, 0.717) is 29.3 Å². The molecule has 0 radical (unpaired) electrons. The van der Waals surface area contributed by atoms with Crippen LogP contribution in [-0.4, -0.2) is 20.2 Å². The summed E-state index contributed by atoms with van der Waals surface area (Å²) in [5.41, 5.74) is 2.64. The van der Waals surface area contributed by atoms with Crippen molar-refractivity contribution in [3.05, 3.63) is 112 Å². The van der Waals surface area contributed by atoms with Crippen molar-refractivity contribution in [2.24, 2.45) is 4.40 Å². The Morgan fingerprint density at radius 2 is 1.68 bits per heavy atom. The van der Waals surface area contributed by atoms with Gasteiger partial charge >= 0.3 is 5.97 Å². The van der Waals surface area contributed by atoms with Crippen molar-refractivity contribution in [3.63, 3.8) is 0 Å². The molecule has 1 aromatic heterocycles. The number of anilines is 1. The Hall–Kier alpha value is -3.75. The first-order valence-corrected chi connectivity index (χ1v) is 12.9. The monoisotopic (exact) mass is 488 g/mol. The molecule has 0 unspecified atom stereocenters. The number of carbonyl (C=O) groups is 1. The highest BCUT2D eigenvalue weighted by molar-refractivity contribution is 7.90. The summed E-state index contributed by atoms with van der Waals surface area (Å²) in [5.74, 6) is 0.338. The molecule has 1 aliphatic rings. The average molecular weight is 489 g/mol. The quantitative estimate of drug-likeness (QED) is 0.277. The number of amidine groups is 1. The Morgan fingerprint density at radius 3 is 2.41 bits per heavy atom. The smallest absolute Gasteiger partial charge is 0.343 e. The summed E-state index contributed by atoms with van der Waals surface area (Å²) in [4.78, 5) is 15.7. The third-order valence-corrected chi connectivity index (χ3v) is 7.67. The number of rotatable bonds is 5. The summed E-state index contributed by atoms with van der Waals surface area (Å²) >= 11 is 1.58. The van der Waals surface area contributed by atoms with Gasteiger partial charge in [0.05, 0.1) is 12.1 Å². The Bertz CT molecular complexity index is 1490. The highest BCUT2D eigenvalue weighted by atomic mass is 32.2. The first-order valence-electron chi connectivity index (χ1n) is 10.5. The molecule has 3 aromatic carbocycles. The van der Waals surface area contributed by atoms with Crippen LogP contribution in [0, 0.1) is 6.92 Å². The number of aryl methyl sites for hydroxylation is 1. The minimum Gasteiger partial charge on any atom is -0.423 e. The van der Waals surface area contributed by atoms with E-state index >= 15 is 0 Å². The van der Waals surface area contributed by atoms with Crippen LogP contribution in [0.25, 0.3) is 0 Å². The molecule has 0 N–H and O–H groups in total. The van der Waals surface area contributed by atoms with Gasteiger partial charge in [0.1, 0.15) is 10.6 Å². The molecule has 0 aliphatic carbocycles. The summed E-state index contributed by atoms with van der Waals surface area (Å²) in [5, 5.41) is 1.97. The lowest BCUT2D eigenvalue weighted by molar-refractivity contribution is 0.0734. The number of nitrogens with zero attached hydrogens (tertiary/aromatic N) is 2. The molecule has 5 rings (SSSR count). The van der Waals surface area contributed by atoms with Crippen LogP contribution in [0.2, 0.25) is 0 Å².